The van der Waals surface area contributed by atoms with Crippen molar-refractivity contribution in [3.05, 3.63) is 17.5 Å². The standard InChI is InChI=1S/C18H31N5S.HI/c1-3-21-8-4-6-16(15-21)14-20-18(19-2)23-11-9-22(10-12-23)17-7-5-13-24-17;/h5,7,13,16H,3-4,6,8-12,14-15H2,1-2H3,(H,19,20);1H. The fourth-order valence-electron chi connectivity index (χ4n) is 3.76. The molecule has 0 aliphatic carbocycles. The van der Waals surface area contributed by atoms with E-state index in [4.69, 9.17) is 0 Å². The number of rotatable bonds is 4. The van der Waals surface area contributed by atoms with Crippen LogP contribution in [0.3, 0.4) is 0 Å². The lowest BCUT2D eigenvalue weighted by atomic mass is 9.98. The fraction of sp³-hybridized carbons (Fsp3) is 0.722. The monoisotopic (exact) mass is 477 g/mol. The highest BCUT2D eigenvalue weighted by atomic mass is 127. The zero-order chi connectivity index (χ0) is 16.8. The summed E-state index contributed by atoms with van der Waals surface area (Å²) in [6, 6.07) is 4.35. The van der Waals surface area contributed by atoms with E-state index in [1.807, 2.05) is 18.4 Å². The summed E-state index contributed by atoms with van der Waals surface area (Å²) < 4.78 is 0. The lowest BCUT2D eigenvalue weighted by Crippen LogP contribution is -2.53. The number of hydrogen-bond donors (Lipinski definition) is 1. The maximum absolute atomic E-state index is 4.53. The molecule has 142 valence electrons. The van der Waals surface area contributed by atoms with Crippen LogP contribution in [-0.4, -0.2) is 75.2 Å². The molecule has 2 fully saturated rings. The van der Waals surface area contributed by atoms with E-state index < -0.39 is 0 Å². The molecule has 0 bridgehead atoms. The highest BCUT2D eigenvalue weighted by molar-refractivity contribution is 14.0. The molecule has 3 rings (SSSR count). The molecule has 0 aromatic carbocycles. The summed E-state index contributed by atoms with van der Waals surface area (Å²) >= 11 is 1.83. The molecule has 3 heterocycles. The molecule has 0 saturated carbocycles. The van der Waals surface area contributed by atoms with Gasteiger partial charge < -0.3 is 20.0 Å². The number of anilines is 1. The molecular formula is C18H32IN5S. The summed E-state index contributed by atoms with van der Waals surface area (Å²) in [5, 5.41) is 7.18. The average Bonchev–Trinajstić information content (AvgIpc) is 3.18. The molecule has 0 radical (unpaired) electrons. The maximum atomic E-state index is 4.53. The number of piperazine rings is 1. The van der Waals surface area contributed by atoms with Crippen molar-refractivity contribution in [2.75, 3.05) is 64.3 Å². The van der Waals surface area contributed by atoms with Crippen LogP contribution in [0.4, 0.5) is 5.00 Å². The van der Waals surface area contributed by atoms with Crippen LogP contribution in [0.25, 0.3) is 0 Å². The van der Waals surface area contributed by atoms with Gasteiger partial charge in [-0.1, -0.05) is 6.92 Å². The predicted octanol–water partition coefficient (Wildman–Crippen LogP) is 2.80. The number of piperidine rings is 1. The first-order valence-electron chi connectivity index (χ1n) is 9.26. The fourth-order valence-corrected chi connectivity index (χ4v) is 4.55. The Morgan fingerprint density at radius 2 is 2.08 bits per heavy atom. The maximum Gasteiger partial charge on any atom is 0.193 e. The summed E-state index contributed by atoms with van der Waals surface area (Å²) in [4.78, 5) is 12.0. The van der Waals surface area contributed by atoms with Crippen LogP contribution in [0, 0.1) is 5.92 Å². The van der Waals surface area contributed by atoms with E-state index in [9.17, 15) is 0 Å². The summed E-state index contributed by atoms with van der Waals surface area (Å²) in [5.74, 6) is 1.83. The van der Waals surface area contributed by atoms with Crippen molar-refractivity contribution in [2.45, 2.75) is 19.8 Å². The molecule has 2 aliphatic heterocycles. The van der Waals surface area contributed by atoms with Gasteiger partial charge in [0.25, 0.3) is 0 Å². The molecule has 1 aromatic rings. The van der Waals surface area contributed by atoms with Crippen molar-refractivity contribution in [3.63, 3.8) is 0 Å². The normalized spacial score (nSPS) is 22.6. The molecule has 5 nitrogen and oxygen atoms in total. The molecular weight excluding hydrogens is 445 g/mol. The number of thiophene rings is 1. The minimum atomic E-state index is 0. The summed E-state index contributed by atoms with van der Waals surface area (Å²) in [5.41, 5.74) is 0. The predicted molar refractivity (Wildman–Crippen MR) is 120 cm³/mol. The summed E-state index contributed by atoms with van der Waals surface area (Å²) in [7, 11) is 1.91. The minimum Gasteiger partial charge on any atom is -0.360 e. The van der Waals surface area contributed by atoms with Gasteiger partial charge in [-0.2, -0.15) is 0 Å². The van der Waals surface area contributed by atoms with Gasteiger partial charge in [0, 0.05) is 46.3 Å². The Hall–Kier alpha value is -0.540. The molecule has 0 amide bonds. The summed E-state index contributed by atoms with van der Waals surface area (Å²) in [6.07, 6.45) is 2.67. The van der Waals surface area contributed by atoms with Crippen LogP contribution in [0.5, 0.6) is 0 Å². The molecule has 1 atom stereocenters. The number of halogens is 1. The van der Waals surface area contributed by atoms with Crippen molar-refractivity contribution in [1.82, 2.24) is 15.1 Å². The Balaban J connectivity index is 0.00000225. The number of likely N-dealkylation sites (tertiary alicyclic amines) is 1. The zero-order valence-corrected chi connectivity index (χ0v) is 18.6. The van der Waals surface area contributed by atoms with Gasteiger partial charge in [-0.3, -0.25) is 4.99 Å². The zero-order valence-electron chi connectivity index (χ0n) is 15.5. The van der Waals surface area contributed by atoms with Gasteiger partial charge in [-0.25, -0.2) is 0 Å². The van der Waals surface area contributed by atoms with Gasteiger partial charge in [-0.15, -0.1) is 35.3 Å². The number of guanidine groups is 1. The molecule has 25 heavy (non-hydrogen) atoms. The van der Waals surface area contributed by atoms with Gasteiger partial charge in [-0.05, 0) is 49.4 Å². The third kappa shape index (κ3) is 5.72. The lowest BCUT2D eigenvalue weighted by Gasteiger charge is -2.38. The first kappa shape index (κ1) is 20.8. The van der Waals surface area contributed by atoms with E-state index in [0.29, 0.717) is 0 Å². The van der Waals surface area contributed by atoms with E-state index in [-0.39, 0.29) is 24.0 Å². The third-order valence-electron chi connectivity index (χ3n) is 5.21. The molecule has 2 saturated heterocycles. The second kappa shape index (κ2) is 10.6. The molecule has 1 aromatic heterocycles. The highest BCUT2D eigenvalue weighted by Gasteiger charge is 2.22. The molecule has 1 N–H and O–H groups in total. The molecule has 1 unspecified atom stereocenters. The van der Waals surface area contributed by atoms with Crippen molar-refractivity contribution in [2.24, 2.45) is 10.9 Å². The first-order valence-corrected chi connectivity index (χ1v) is 10.1. The topological polar surface area (TPSA) is 34.1 Å². The van der Waals surface area contributed by atoms with Gasteiger partial charge >= 0.3 is 0 Å². The van der Waals surface area contributed by atoms with Gasteiger partial charge in [0.1, 0.15) is 0 Å². The summed E-state index contributed by atoms with van der Waals surface area (Å²) in [6.45, 7) is 11.2. The van der Waals surface area contributed by atoms with Crippen LogP contribution in [-0.2, 0) is 0 Å². The first-order chi connectivity index (χ1) is 11.8. The Kier molecular flexibility index (Phi) is 8.78. The average molecular weight is 477 g/mol. The largest absolute Gasteiger partial charge is 0.360 e. The van der Waals surface area contributed by atoms with Gasteiger partial charge in [0.15, 0.2) is 5.96 Å². The molecule has 2 aliphatic rings. The number of hydrogen-bond acceptors (Lipinski definition) is 4. The van der Waals surface area contributed by atoms with E-state index in [2.05, 4.69) is 49.4 Å². The van der Waals surface area contributed by atoms with Crippen LogP contribution >= 0.6 is 35.3 Å². The van der Waals surface area contributed by atoms with E-state index >= 15 is 0 Å². The van der Waals surface area contributed by atoms with E-state index in [0.717, 1.165) is 44.6 Å². The Labute approximate surface area is 173 Å². The van der Waals surface area contributed by atoms with Crippen LogP contribution < -0.4 is 10.2 Å². The van der Waals surface area contributed by atoms with E-state index in [1.165, 1.54) is 37.5 Å². The SMILES string of the molecule is CCN1CCCC(CNC(=NC)N2CCN(c3cccs3)CC2)C1.I. The van der Waals surface area contributed by atoms with Crippen molar-refractivity contribution < 1.29 is 0 Å². The van der Waals surface area contributed by atoms with Crippen molar-refractivity contribution >= 4 is 46.3 Å². The van der Waals surface area contributed by atoms with Crippen LogP contribution in [0.15, 0.2) is 22.5 Å². The second-order valence-electron chi connectivity index (χ2n) is 6.75. The van der Waals surface area contributed by atoms with Crippen molar-refractivity contribution in [1.29, 1.82) is 0 Å². The van der Waals surface area contributed by atoms with Crippen molar-refractivity contribution in [3.8, 4) is 0 Å². The smallest absolute Gasteiger partial charge is 0.193 e. The van der Waals surface area contributed by atoms with Gasteiger partial charge in [0.2, 0.25) is 0 Å². The third-order valence-corrected chi connectivity index (χ3v) is 6.14. The Morgan fingerprint density at radius 1 is 1.28 bits per heavy atom. The number of nitrogens with one attached hydrogen (secondary N) is 1. The highest BCUT2D eigenvalue weighted by Crippen LogP contribution is 2.22. The number of nitrogens with zero attached hydrogens (tertiary/aromatic N) is 4. The van der Waals surface area contributed by atoms with Crippen LogP contribution in [0.2, 0.25) is 0 Å². The second-order valence-corrected chi connectivity index (χ2v) is 7.68. The quantitative estimate of drug-likeness (QED) is 0.411. The van der Waals surface area contributed by atoms with E-state index in [1.54, 1.807) is 0 Å². The van der Waals surface area contributed by atoms with Crippen LogP contribution in [0.1, 0.15) is 19.8 Å². The molecule has 7 heteroatoms. The Morgan fingerprint density at radius 3 is 2.72 bits per heavy atom. The lowest BCUT2D eigenvalue weighted by molar-refractivity contribution is 0.182. The van der Waals surface area contributed by atoms with Gasteiger partial charge in [0.05, 0.1) is 5.00 Å². The number of aliphatic imine (C=N–C) groups is 1. The molecule has 0 spiro atoms. The Bertz CT molecular complexity index is 514. The minimum absolute atomic E-state index is 0.